The number of amides is 2. The van der Waals surface area contributed by atoms with Gasteiger partial charge in [-0.25, -0.2) is 9.59 Å². The number of carboxylic acid groups (broad SMARTS) is 1. The number of hydrogen-bond acceptors (Lipinski definition) is 2. The SMILES string of the molecule is CCN(C(=O)NC(CC)(CC)CC)C(C)(C)C(=O)O. The number of carbonyl (C=O) groups is 2. The Morgan fingerprint density at radius 3 is 1.74 bits per heavy atom. The second kappa shape index (κ2) is 6.78. The molecule has 0 saturated carbocycles. The highest BCUT2D eigenvalue weighted by molar-refractivity contribution is 5.85. The third kappa shape index (κ3) is 3.85. The number of carbonyl (C=O) groups excluding carboxylic acids is 1. The standard InChI is InChI=1S/C14H28N2O3/c1-7-14(8-2,9-3)15-12(19)16(10-4)13(5,6)11(17)18/h7-10H2,1-6H3,(H,15,19)(H,17,18). The van der Waals surface area contributed by atoms with Crippen molar-refractivity contribution in [2.24, 2.45) is 0 Å². The van der Waals surface area contributed by atoms with E-state index in [2.05, 4.69) is 5.32 Å². The van der Waals surface area contributed by atoms with Crippen molar-refractivity contribution in [1.82, 2.24) is 10.2 Å². The molecule has 0 radical (unpaired) electrons. The summed E-state index contributed by atoms with van der Waals surface area (Å²) in [6.07, 6.45) is 2.49. The Hall–Kier alpha value is -1.26. The van der Waals surface area contributed by atoms with E-state index in [1.54, 1.807) is 20.8 Å². The molecule has 0 aliphatic carbocycles. The minimum Gasteiger partial charge on any atom is -0.480 e. The van der Waals surface area contributed by atoms with Gasteiger partial charge in [0, 0.05) is 12.1 Å². The molecular weight excluding hydrogens is 244 g/mol. The number of nitrogens with zero attached hydrogens (tertiary/aromatic N) is 1. The smallest absolute Gasteiger partial charge is 0.329 e. The zero-order chi connectivity index (χ0) is 15.3. The Kier molecular flexibility index (Phi) is 6.33. The van der Waals surface area contributed by atoms with Gasteiger partial charge in [0.1, 0.15) is 5.54 Å². The molecular formula is C14H28N2O3. The lowest BCUT2D eigenvalue weighted by Gasteiger charge is -2.39. The Morgan fingerprint density at radius 2 is 1.47 bits per heavy atom. The highest BCUT2D eigenvalue weighted by Gasteiger charge is 2.39. The largest absolute Gasteiger partial charge is 0.480 e. The van der Waals surface area contributed by atoms with Crippen LogP contribution in [-0.2, 0) is 4.79 Å². The molecule has 0 fully saturated rings. The van der Waals surface area contributed by atoms with Gasteiger partial charge in [-0.3, -0.25) is 0 Å². The molecule has 0 heterocycles. The second-order valence-electron chi connectivity index (χ2n) is 5.38. The van der Waals surface area contributed by atoms with Crippen LogP contribution in [0.4, 0.5) is 4.79 Å². The van der Waals surface area contributed by atoms with E-state index in [9.17, 15) is 14.7 Å². The summed E-state index contributed by atoms with van der Waals surface area (Å²) >= 11 is 0. The van der Waals surface area contributed by atoms with Crippen molar-refractivity contribution in [2.75, 3.05) is 6.54 Å². The fourth-order valence-corrected chi connectivity index (χ4v) is 2.22. The Morgan fingerprint density at radius 1 is 1.05 bits per heavy atom. The molecule has 112 valence electrons. The molecule has 0 aliphatic heterocycles. The average Bonchev–Trinajstić information content (AvgIpc) is 2.36. The predicted octanol–water partition coefficient (Wildman–Crippen LogP) is 2.85. The van der Waals surface area contributed by atoms with Gasteiger partial charge in [0.2, 0.25) is 0 Å². The van der Waals surface area contributed by atoms with Gasteiger partial charge in [0.25, 0.3) is 0 Å². The van der Waals surface area contributed by atoms with Crippen LogP contribution in [0.1, 0.15) is 60.8 Å². The second-order valence-corrected chi connectivity index (χ2v) is 5.38. The first-order valence-electron chi connectivity index (χ1n) is 7.03. The van der Waals surface area contributed by atoms with E-state index in [4.69, 9.17) is 0 Å². The van der Waals surface area contributed by atoms with Crippen molar-refractivity contribution in [1.29, 1.82) is 0 Å². The average molecular weight is 272 g/mol. The maximum atomic E-state index is 12.4. The van der Waals surface area contributed by atoms with Crippen LogP contribution in [0.3, 0.4) is 0 Å². The third-order valence-electron chi connectivity index (χ3n) is 4.16. The Bertz CT molecular complexity index is 314. The van der Waals surface area contributed by atoms with E-state index in [0.29, 0.717) is 6.54 Å². The van der Waals surface area contributed by atoms with Gasteiger partial charge in [-0.2, -0.15) is 0 Å². The summed E-state index contributed by atoms with van der Waals surface area (Å²) in [5.41, 5.74) is -1.46. The molecule has 5 heteroatoms. The van der Waals surface area contributed by atoms with Crippen LogP contribution in [0, 0.1) is 0 Å². The van der Waals surface area contributed by atoms with E-state index in [-0.39, 0.29) is 11.6 Å². The number of urea groups is 1. The normalized spacial score (nSPS) is 12.1. The van der Waals surface area contributed by atoms with Crippen LogP contribution in [0.15, 0.2) is 0 Å². The van der Waals surface area contributed by atoms with Crippen molar-refractivity contribution in [3.8, 4) is 0 Å². The van der Waals surface area contributed by atoms with Crippen LogP contribution < -0.4 is 5.32 Å². The van der Waals surface area contributed by atoms with E-state index < -0.39 is 11.5 Å². The Labute approximate surface area is 116 Å². The quantitative estimate of drug-likeness (QED) is 0.748. The number of nitrogens with one attached hydrogen (secondary N) is 1. The minimum absolute atomic E-state index is 0.251. The fraction of sp³-hybridized carbons (Fsp3) is 0.857. The van der Waals surface area contributed by atoms with Crippen molar-refractivity contribution < 1.29 is 14.7 Å². The molecule has 0 atom stereocenters. The summed E-state index contributed by atoms with van der Waals surface area (Å²) in [7, 11) is 0. The maximum Gasteiger partial charge on any atom is 0.329 e. The maximum absolute atomic E-state index is 12.4. The summed E-state index contributed by atoms with van der Waals surface area (Å²) in [6, 6.07) is -0.305. The molecule has 19 heavy (non-hydrogen) atoms. The van der Waals surface area contributed by atoms with E-state index in [0.717, 1.165) is 19.3 Å². The molecule has 0 saturated heterocycles. The van der Waals surface area contributed by atoms with Gasteiger partial charge in [0.15, 0.2) is 0 Å². The zero-order valence-corrected chi connectivity index (χ0v) is 13.0. The van der Waals surface area contributed by atoms with Gasteiger partial charge in [-0.1, -0.05) is 20.8 Å². The highest BCUT2D eigenvalue weighted by atomic mass is 16.4. The monoisotopic (exact) mass is 272 g/mol. The molecule has 5 nitrogen and oxygen atoms in total. The summed E-state index contributed by atoms with van der Waals surface area (Å²) in [5.74, 6) is -1.00. The molecule has 2 N–H and O–H groups in total. The number of likely N-dealkylation sites (N-methyl/N-ethyl adjacent to an activating group) is 1. The van der Waals surface area contributed by atoms with Crippen molar-refractivity contribution in [2.45, 2.75) is 71.9 Å². The molecule has 0 aromatic carbocycles. The van der Waals surface area contributed by atoms with Crippen LogP contribution in [0.2, 0.25) is 0 Å². The fourth-order valence-electron chi connectivity index (χ4n) is 2.22. The highest BCUT2D eigenvalue weighted by Crippen LogP contribution is 2.22. The molecule has 0 rings (SSSR count). The van der Waals surface area contributed by atoms with Crippen molar-refractivity contribution >= 4 is 12.0 Å². The first-order valence-corrected chi connectivity index (χ1v) is 7.03. The van der Waals surface area contributed by atoms with Gasteiger partial charge in [0.05, 0.1) is 0 Å². The molecule has 0 bridgehead atoms. The summed E-state index contributed by atoms with van der Waals surface area (Å²) in [5, 5.41) is 12.3. The molecule has 0 aromatic rings. The van der Waals surface area contributed by atoms with Crippen molar-refractivity contribution in [3.63, 3.8) is 0 Å². The van der Waals surface area contributed by atoms with E-state index in [1.807, 2.05) is 20.8 Å². The van der Waals surface area contributed by atoms with Crippen molar-refractivity contribution in [3.05, 3.63) is 0 Å². The Balaban J connectivity index is 5.12. The van der Waals surface area contributed by atoms with E-state index >= 15 is 0 Å². The molecule has 0 spiro atoms. The lowest BCUT2D eigenvalue weighted by atomic mass is 9.90. The van der Waals surface area contributed by atoms with Crippen LogP contribution in [0.25, 0.3) is 0 Å². The lowest BCUT2D eigenvalue weighted by molar-refractivity contribution is -0.147. The summed E-state index contributed by atoms with van der Waals surface area (Å²) in [4.78, 5) is 25.0. The van der Waals surface area contributed by atoms with Crippen LogP contribution >= 0.6 is 0 Å². The number of carboxylic acids is 1. The number of rotatable bonds is 7. The lowest BCUT2D eigenvalue weighted by Crippen LogP contribution is -2.60. The number of hydrogen-bond donors (Lipinski definition) is 2. The van der Waals surface area contributed by atoms with Gasteiger partial charge >= 0.3 is 12.0 Å². The van der Waals surface area contributed by atoms with Gasteiger partial charge in [-0.05, 0) is 40.0 Å². The van der Waals surface area contributed by atoms with Gasteiger partial charge < -0.3 is 15.3 Å². The molecule has 0 aliphatic rings. The summed E-state index contributed by atoms with van der Waals surface area (Å²) < 4.78 is 0. The van der Waals surface area contributed by atoms with E-state index in [1.165, 1.54) is 4.90 Å². The molecule has 2 amide bonds. The first kappa shape index (κ1) is 17.7. The van der Waals surface area contributed by atoms with Gasteiger partial charge in [-0.15, -0.1) is 0 Å². The predicted molar refractivity (Wildman–Crippen MR) is 76.2 cm³/mol. The minimum atomic E-state index is -1.21. The summed E-state index contributed by atoms with van der Waals surface area (Å²) in [6.45, 7) is 11.3. The third-order valence-corrected chi connectivity index (χ3v) is 4.16. The topological polar surface area (TPSA) is 69.6 Å². The van der Waals surface area contributed by atoms with Crippen LogP contribution in [-0.4, -0.2) is 39.6 Å². The van der Waals surface area contributed by atoms with Crippen LogP contribution in [0.5, 0.6) is 0 Å². The molecule has 0 aromatic heterocycles. The number of aliphatic carboxylic acids is 1. The first-order chi connectivity index (χ1) is 8.70. The molecule has 0 unspecified atom stereocenters. The zero-order valence-electron chi connectivity index (χ0n) is 13.0.